The van der Waals surface area contributed by atoms with Crippen molar-refractivity contribution in [3.8, 4) is 39.4 Å². The van der Waals surface area contributed by atoms with Crippen LogP contribution >= 0.6 is 0 Å². The van der Waals surface area contributed by atoms with Gasteiger partial charge < -0.3 is 20.3 Å². The van der Waals surface area contributed by atoms with Crippen LogP contribution in [0, 0.1) is 5.82 Å². The maximum absolute atomic E-state index is 14.6. The predicted octanol–water partition coefficient (Wildman–Crippen LogP) is 5.05. The first kappa shape index (κ1) is 23.6. The molecular weight excluding hydrogens is 483 g/mol. The Morgan fingerprint density at radius 1 is 0.895 bits per heavy atom. The number of benzene rings is 1. The molecule has 0 atom stereocenters. The Bertz CT molecular complexity index is 1770. The smallest absolute Gasteiger partial charge is 0.155 e. The van der Waals surface area contributed by atoms with Gasteiger partial charge in [0, 0.05) is 64.8 Å². The molecule has 6 rings (SSSR count). The lowest BCUT2D eigenvalue weighted by atomic mass is 10.0. The van der Waals surface area contributed by atoms with Crippen molar-refractivity contribution < 1.29 is 9.50 Å². The van der Waals surface area contributed by atoms with Crippen LogP contribution in [-0.2, 0) is 0 Å². The van der Waals surface area contributed by atoms with E-state index in [0.717, 1.165) is 50.8 Å². The predicted molar refractivity (Wildman–Crippen MR) is 146 cm³/mol. The summed E-state index contributed by atoms with van der Waals surface area (Å²) in [5.41, 5.74) is 6.70. The number of aromatic nitrogens is 6. The Morgan fingerprint density at radius 2 is 1.74 bits per heavy atom. The molecule has 38 heavy (non-hydrogen) atoms. The highest BCUT2D eigenvalue weighted by atomic mass is 19.1. The Morgan fingerprint density at radius 3 is 2.58 bits per heavy atom. The van der Waals surface area contributed by atoms with Gasteiger partial charge in [-0.3, -0.25) is 15.1 Å². The van der Waals surface area contributed by atoms with Crippen molar-refractivity contribution in [2.45, 2.75) is 0 Å². The molecular formula is C28H25FN8O. The van der Waals surface area contributed by atoms with Crippen molar-refractivity contribution in [3.05, 3.63) is 73.2 Å². The molecule has 0 unspecified atom stereocenters. The molecule has 0 amide bonds. The number of pyridine rings is 3. The van der Waals surface area contributed by atoms with Crippen molar-refractivity contribution in [3.63, 3.8) is 0 Å². The monoisotopic (exact) mass is 508 g/mol. The summed E-state index contributed by atoms with van der Waals surface area (Å²) in [6.45, 7) is 1.54. The molecule has 190 valence electrons. The van der Waals surface area contributed by atoms with Gasteiger partial charge in [-0.25, -0.2) is 9.37 Å². The van der Waals surface area contributed by atoms with Crippen LogP contribution in [0.5, 0.6) is 5.75 Å². The molecule has 0 aliphatic carbocycles. The molecule has 0 aliphatic rings. The van der Waals surface area contributed by atoms with Crippen molar-refractivity contribution in [1.82, 2.24) is 35.0 Å². The summed E-state index contributed by atoms with van der Waals surface area (Å²) in [5.74, 6) is -0.236. The summed E-state index contributed by atoms with van der Waals surface area (Å²) >= 11 is 0. The average molecular weight is 509 g/mol. The molecule has 0 bridgehead atoms. The van der Waals surface area contributed by atoms with E-state index in [0.29, 0.717) is 23.6 Å². The van der Waals surface area contributed by atoms with Crippen molar-refractivity contribution in [1.29, 1.82) is 0 Å². The number of hydrogen-bond acceptors (Lipinski definition) is 7. The van der Waals surface area contributed by atoms with Gasteiger partial charge in [-0.15, -0.1) is 0 Å². The summed E-state index contributed by atoms with van der Waals surface area (Å²) in [4.78, 5) is 18.4. The molecule has 0 radical (unpaired) electrons. The molecule has 0 spiro atoms. The van der Waals surface area contributed by atoms with Crippen LogP contribution < -0.4 is 5.32 Å². The first-order valence-corrected chi connectivity index (χ1v) is 12.1. The van der Waals surface area contributed by atoms with Crippen LogP contribution in [0.2, 0.25) is 0 Å². The highest BCUT2D eigenvalue weighted by molar-refractivity contribution is 6.00. The number of aromatic hydroxyl groups is 1. The first-order valence-electron chi connectivity index (χ1n) is 12.1. The van der Waals surface area contributed by atoms with Crippen molar-refractivity contribution in [2.75, 3.05) is 32.5 Å². The van der Waals surface area contributed by atoms with Gasteiger partial charge in [0.1, 0.15) is 17.3 Å². The van der Waals surface area contributed by atoms with Gasteiger partial charge in [0.05, 0.1) is 23.6 Å². The summed E-state index contributed by atoms with van der Waals surface area (Å²) < 4.78 is 14.6. The zero-order chi connectivity index (χ0) is 26.2. The lowest BCUT2D eigenvalue weighted by molar-refractivity contribution is 0.425. The molecule has 1 aromatic carbocycles. The third kappa shape index (κ3) is 4.53. The Hall–Kier alpha value is -4.83. The average Bonchev–Trinajstić information content (AvgIpc) is 3.51. The minimum Gasteiger partial charge on any atom is -0.506 e. The lowest BCUT2D eigenvalue weighted by Crippen LogP contribution is -2.20. The van der Waals surface area contributed by atoms with Crippen molar-refractivity contribution >= 4 is 27.6 Å². The maximum Gasteiger partial charge on any atom is 0.155 e. The number of anilines is 1. The molecule has 0 saturated carbocycles. The number of nitrogens with zero attached hydrogens (tertiary/aromatic N) is 5. The molecule has 0 fully saturated rings. The summed E-state index contributed by atoms with van der Waals surface area (Å²) in [5, 5.41) is 22.3. The minimum atomic E-state index is -0.319. The normalized spacial score (nSPS) is 11.6. The molecule has 6 aromatic rings. The van der Waals surface area contributed by atoms with Gasteiger partial charge in [0.15, 0.2) is 5.65 Å². The second-order valence-electron chi connectivity index (χ2n) is 9.41. The fourth-order valence-corrected chi connectivity index (χ4v) is 4.53. The second-order valence-corrected chi connectivity index (χ2v) is 9.41. The van der Waals surface area contributed by atoms with E-state index in [1.165, 1.54) is 18.3 Å². The first-order chi connectivity index (χ1) is 18.4. The Labute approximate surface area is 217 Å². The van der Waals surface area contributed by atoms with Gasteiger partial charge in [0.25, 0.3) is 0 Å². The molecule has 0 aliphatic heterocycles. The van der Waals surface area contributed by atoms with E-state index in [4.69, 9.17) is 0 Å². The lowest BCUT2D eigenvalue weighted by Gasteiger charge is -2.13. The van der Waals surface area contributed by atoms with E-state index in [1.54, 1.807) is 30.9 Å². The molecule has 10 heteroatoms. The van der Waals surface area contributed by atoms with E-state index in [-0.39, 0.29) is 11.6 Å². The number of H-pyrrole nitrogens is 2. The van der Waals surface area contributed by atoms with Crippen LogP contribution in [0.15, 0.2) is 67.4 Å². The zero-order valence-electron chi connectivity index (χ0n) is 20.8. The van der Waals surface area contributed by atoms with Crippen molar-refractivity contribution in [2.24, 2.45) is 0 Å². The Kier molecular flexibility index (Phi) is 5.93. The largest absolute Gasteiger partial charge is 0.506 e. The summed E-state index contributed by atoms with van der Waals surface area (Å²) in [6, 6.07) is 10.5. The molecule has 5 aromatic heterocycles. The molecule has 4 N–H and O–H groups in total. The number of hydrogen-bond donors (Lipinski definition) is 4. The quantitative estimate of drug-likeness (QED) is 0.238. The fraction of sp³-hybridized carbons (Fsp3) is 0.143. The summed E-state index contributed by atoms with van der Waals surface area (Å²) in [6.07, 6.45) is 8.26. The topological polar surface area (TPSA) is 119 Å². The van der Waals surface area contributed by atoms with Gasteiger partial charge in [-0.2, -0.15) is 5.10 Å². The highest BCUT2D eigenvalue weighted by Gasteiger charge is 2.16. The number of halogens is 1. The number of fused-ring (bicyclic) bond motifs is 2. The van der Waals surface area contributed by atoms with E-state index in [9.17, 15) is 9.50 Å². The van der Waals surface area contributed by atoms with Crippen LogP contribution in [0.1, 0.15) is 0 Å². The van der Waals surface area contributed by atoms with E-state index in [2.05, 4.69) is 40.3 Å². The van der Waals surface area contributed by atoms with Gasteiger partial charge in [-0.1, -0.05) is 0 Å². The van der Waals surface area contributed by atoms with E-state index < -0.39 is 0 Å². The zero-order valence-corrected chi connectivity index (χ0v) is 20.8. The standard InChI is InChI=1S/C28H25FN8O/c1-37(2)4-3-32-20-6-16(5-19(29)9-20)24-14-31-15-26-22(24)10-25(34-26)27-23-8-18(12-33-28(23)36-35-27)17-7-21(38)13-30-11-17/h5-15,32,34,38H,3-4H2,1-2H3,(H,33,35,36). The molecule has 9 nitrogen and oxygen atoms in total. The Balaban J connectivity index is 1.40. The molecule has 0 saturated heterocycles. The third-order valence-corrected chi connectivity index (χ3v) is 6.37. The van der Waals surface area contributed by atoms with Gasteiger partial charge in [-0.05, 0) is 56.1 Å². The van der Waals surface area contributed by atoms with Gasteiger partial charge in [0.2, 0.25) is 0 Å². The summed E-state index contributed by atoms with van der Waals surface area (Å²) in [7, 11) is 4.00. The highest BCUT2D eigenvalue weighted by Crippen LogP contribution is 2.35. The fourth-order valence-electron chi connectivity index (χ4n) is 4.53. The van der Waals surface area contributed by atoms with E-state index in [1.807, 2.05) is 32.3 Å². The van der Waals surface area contributed by atoms with Gasteiger partial charge >= 0.3 is 0 Å². The van der Waals surface area contributed by atoms with Crippen LogP contribution in [0.3, 0.4) is 0 Å². The number of aromatic amines is 2. The third-order valence-electron chi connectivity index (χ3n) is 6.37. The number of nitrogens with one attached hydrogen (secondary N) is 3. The van der Waals surface area contributed by atoms with E-state index >= 15 is 0 Å². The van der Waals surface area contributed by atoms with Crippen LogP contribution in [-0.4, -0.2) is 67.3 Å². The maximum atomic E-state index is 14.6. The SMILES string of the molecule is CN(C)CCNc1cc(F)cc(-c2cncc3[nH]c(-c4n[nH]c5ncc(-c6cncc(O)c6)cc45)cc23)c1. The minimum absolute atomic E-state index is 0.0825. The number of likely N-dealkylation sites (N-methyl/N-ethyl adjacent to an activating group) is 1. The number of rotatable bonds is 7. The second kappa shape index (κ2) is 9.56. The van der Waals surface area contributed by atoms with Crippen LogP contribution in [0.4, 0.5) is 10.1 Å². The molecule has 5 heterocycles. The van der Waals surface area contributed by atoms with Crippen LogP contribution in [0.25, 0.3) is 55.6 Å².